The Bertz CT molecular complexity index is 1050. The predicted molar refractivity (Wildman–Crippen MR) is 148 cm³/mol. The molecule has 6 atom stereocenters. The van der Waals surface area contributed by atoms with Crippen molar-refractivity contribution in [3.05, 3.63) is 41.5 Å². The van der Waals surface area contributed by atoms with Crippen molar-refractivity contribution in [2.24, 2.45) is 5.92 Å². The van der Waals surface area contributed by atoms with E-state index in [1.807, 2.05) is 32.0 Å². The van der Waals surface area contributed by atoms with E-state index >= 15 is 0 Å². The van der Waals surface area contributed by atoms with E-state index in [9.17, 15) is 4.79 Å². The van der Waals surface area contributed by atoms with Crippen molar-refractivity contribution in [2.45, 2.75) is 89.5 Å². The highest BCUT2D eigenvalue weighted by molar-refractivity contribution is 5.87. The molecule has 8 heteroatoms. The summed E-state index contributed by atoms with van der Waals surface area (Å²) in [5, 5.41) is 0. The molecule has 4 rings (SSSR count). The summed E-state index contributed by atoms with van der Waals surface area (Å²) in [6, 6.07) is 5.51. The quantitative estimate of drug-likeness (QED) is 0.111. The van der Waals surface area contributed by atoms with Gasteiger partial charge in [0.1, 0.15) is 30.0 Å². The van der Waals surface area contributed by atoms with Crippen molar-refractivity contribution in [3.63, 3.8) is 0 Å². The summed E-state index contributed by atoms with van der Waals surface area (Å²) in [5.41, 5.74) is 1.44. The highest BCUT2D eigenvalue weighted by Crippen LogP contribution is 2.59. The first-order valence-corrected chi connectivity index (χ1v) is 13.9. The second kappa shape index (κ2) is 12.4. The molecule has 39 heavy (non-hydrogen) atoms. The first-order chi connectivity index (χ1) is 18.6. The minimum absolute atomic E-state index is 0.0103. The Morgan fingerprint density at radius 1 is 1.18 bits per heavy atom. The first-order valence-electron chi connectivity index (χ1n) is 13.9. The molecule has 2 heterocycles. The van der Waals surface area contributed by atoms with Crippen LogP contribution in [0.5, 0.6) is 11.5 Å². The molecule has 1 saturated carbocycles. The van der Waals surface area contributed by atoms with Crippen molar-refractivity contribution in [2.75, 3.05) is 34.0 Å². The van der Waals surface area contributed by atoms with E-state index in [2.05, 4.69) is 26.8 Å². The van der Waals surface area contributed by atoms with E-state index in [0.29, 0.717) is 37.7 Å². The van der Waals surface area contributed by atoms with Gasteiger partial charge in [-0.25, -0.2) is 4.79 Å². The molecule has 1 aromatic carbocycles. The van der Waals surface area contributed by atoms with Crippen LogP contribution in [-0.2, 0) is 28.5 Å². The molecule has 1 aliphatic carbocycles. The van der Waals surface area contributed by atoms with Crippen LogP contribution in [0, 0.1) is 5.92 Å². The minimum atomic E-state index is -0.415. The molecule has 0 bridgehead atoms. The van der Waals surface area contributed by atoms with Gasteiger partial charge in [0.2, 0.25) is 0 Å². The maximum Gasteiger partial charge on any atom is 0.331 e. The second-order valence-electron chi connectivity index (χ2n) is 11.4. The van der Waals surface area contributed by atoms with Crippen molar-refractivity contribution >= 4 is 12.0 Å². The Morgan fingerprint density at radius 3 is 2.59 bits per heavy atom. The van der Waals surface area contributed by atoms with E-state index in [4.69, 9.17) is 33.2 Å². The zero-order valence-electron chi connectivity index (χ0n) is 24.4. The third kappa shape index (κ3) is 7.04. The Labute approximate surface area is 232 Å². The number of methoxy groups -OCH3 is 2. The fourth-order valence-electron chi connectivity index (χ4n) is 5.77. The highest BCUT2D eigenvalue weighted by atomic mass is 16.6. The molecular weight excluding hydrogens is 500 g/mol. The largest absolute Gasteiger partial charge is 0.493 e. The summed E-state index contributed by atoms with van der Waals surface area (Å²) < 4.78 is 40.9. The molecule has 0 N–H and O–H groups in total. The summed E-state index contributed by atoms with van der Waals surface area (Å²) >= 11 is 0. The molecule has 3 aliphatic rings. The number of carbonyl (C=O) groups is 1. The first kappa shape index (κ1) is 29.6. The molecule has 1 unspecified atom stereocenters. The van der Waals surface area contributed by atoms with Gasteiger partial charge >= 0.3 is 5.97 Å². The maximum atomic E-state index is 12.9. The lowest BCUT2D eigenvalue weighted by atomic mass is 9.68. The van der Waals surface area contributed by atoms with Crippen molar-refractivity contribution < 1.29 is 38.0 Å². The van der Waals surface area contributed by atoms with Crippen molar-refractivity contribution in [1.82, 2.24) is 0 Å². The molecule has 216 valence electrons. The molecule has 0 radical (unpaired) electrons. The summed E-state index contributed by atoms with van der Waals surface area (Å²) in [5.74, 6) is 0.778. The highest BCUT2D eigenvalue weighted by Gasteiger charge is 2.72. The van der Waals surface area contributed by atoms with Crippen LogP contribution < -0.4 is 9.47 Å². The number of esters is 1. The monoisotopic (exact) mass is 544 g/mol. The number of benzene rings is 1. The van der Waals surface area contributed by atoms with Gasteiger partial charge in [0.25, 0.3) is 0 Å². The second-order valence-corrected chi connectivity index (χ2v) is 11.4. The lowest BCUT2D eigenvalue weighted by Crippen LogP contribution is -2.55. The van der Waals surface area contributed by atoms with Crippen LogP contribution in [0.3, 0.4) is 0 Å². The Hall–Kier alpha value is -2.39. The number of rotatable bonds is 13. The van der Waals surface area contributed by atoms with Crippen molar-refractivity contribution in [1.29, 1.82) is 0 Å². The third-order valence-electron chi connectivity index (χ3n) is 7.90. The SMILES string of the molecule is COc1cc(/C=C/C(=O)O[C@@H]2CC[C@]3(CO3)[C@@H](C3(C)O[C@H]3CC=C(C)C)[C@@H]2OC)ccc1OCCOC(C)C. The van der Waals surface area contributed by atoms with Crippen LogP contribution in [0.2, 0.25) is 0 Å². The van der Waals surface area contributed by atoms with Gasteiger partial charge < -0.3 is 33.2 Å². The van der Waals surface area contributed by atoms with E-state index in [1.165, 1.54) is 11.6 Å². The van der Waals surface area contributed by atoms with E-state index in [-0.39, 0.29) is 41.5 Å². The summed E-state index contributed by atoms with van der Waals surface area (Å²) in [6.07, 6.45) is 7.29. The van der Waals surface area contributed by atoms with Gasteiger partial charge in [0, 0.05) is 13.2 Å². The summed E-state index contributed by atoms with van der Waals surface area (Å²) in [4.78, 5) is 12.9. The van der Waals surface area contributed by atoms with Crippen LogP contribution >= 0.6 is 0 Å². The molecule has 0 aromatic heterocycles. The van der Waals surface area contributed by atoms with Crippen LogP contribution in [0.1, 0.15) is 59.4 Å². The van der Waals surface area contributed by atoms with Gasteiger partial charge in [-0.3, -0.25) is 0 Å². The van der Waals surface area contributed by atoms with Gasteiger partial charge in [-0.15, -0.1) is 0 Å². The third-order valence-corrected chi connectivity index (χ3v) is 7.90. The normalized spacial score (nSPS) is 31.4. The smallest absolute Gasteiger partial charge is 0.331 e. The number of carbonyl (C=O) groups excluding carboxylic acids is 1. The van der Waals surface area contributed by atoms with E-state index in [1.54, 1.807) is 20.3 Å². The van der Waals surface area contributed by atoms with Gasteiger partial charge in [-0.2, -0.15) is 0 Å². The fraction of sp³-hybridized carbons (Fsp3) is 0.645. The number of hydrogen-bond acceptors (Lipinski definition) is 8. The number of hydrogen-bond donors (Lipinski definition) is 0. The molecule has 8 nitrogen and oxygen atoms in total. The van der Waals surface area contributed by atoms with E-state index in [0.717, 1.165) is 18.4 Å². The molecule has 2 aliphatic heterocycles. The van der Waals surface area contributed by atoms with Gasteiger partial charge in [0.15, 0.2) is 11.5 Å². The molecular formula is C31H44O8. The zero-order valence-corrected chi connectivity index (χ0v) is 24.4. The van der Waals surface area contributed by atoms with Crippen LogP contribution in [0.4, 0.5) is 0 Å². The Kier molecular flexibility index (Phi) is 9.42. The van der Waals surface area contributed by atoms with Gasteiger partial charge in [-0.05, 0) is 77.7 Å². The van der Waals surface area contributed by atoms with Gasteiger partial charge in [0.05, 0.1) is 38.4 Å². The maximum absolute atomic E-state index is 12.9. The van der Waals surface area contributed by atoms with Gasteiger partial charge in [-0.1, -0.05) is 17.7 Å². The lowest BCUT2D eigenvalue weighted by Gasteiger charge is -2.42. The number of ether oxygens (including phenoxy) is 7. The minimum Gasteiger partial charge on any atom is -0.493 e. The molecule has 0 amide bonds. The molecule has 1 spiro atoms. The van der Waals surface area contributed by atoms with E-state index < -0.39 is 5.97 Å². The molecule has 1 aromatic rings. The Balaban J connectivity index is 1.38. The topological polar surface area (TPSA) is 88.3 Å². The Morgan fingerprint density at radius 2 is 1.95 bits per heavy atom. The average Bonchev–Trinajstić information content (AvgIpc) is 3.82. The predicted octanol–water partition coefficient (Wildman–Crippen LogP) is 5.13. The van der Waals surface area contributed by atoms with Crippen LogP contribution in [0.15, 0.2) is 35.9 Å². The summed E-state index contributed by atoms with van der Waals surface area (Å²) in [7, 11) is 3.26. The van der Waals surface area contributed by atoms with Crippen molar-refractivity contribution in [3.8, 4) is 11.5 Å². The lowest BCUT2D eigenvalue weighted by molar-refractivity contribution is -0.166. The summed E-state index contributed by atoms with van der Waals surface area (Å²) in [6.45, 7) is 11.9. The number of allylic oxidation sites excluding steroid dienone is 1. The number of epoxide rings is 2. The molecule has 2 saturated heterocycles. The average molecular weight is 545 g/mol. The standard InChI is InChI=1S/C31H44O8/c1-20(2)8-12-26-30(5,39-26)29-28(34-7)24(14-15-31(29)19-37-31)38-27(32)13-10-22-9-11-23(25(18-22)33-6)36-17-16-35-21(3)4/h8-11,13,18,21,24,26,28-29H,12,14-17,19H2,1-7H3/b13-10+/t24-,26+,28-,29-,30?,31+/m1/s1. The molecule has 3 fully saturated rings. The van der Waals surface area contributed by atoms with Crippen LogP contribution in [-0.4, -0.2) is 75.6 Å². The van der Waals surface area contributed by atoms with Crippen LogP contribution in [0.25, 0.3) is 6.08 Å². The zero-order chi connectivity index (χ0) is 28.2. The fourth-order valence-corrected chi connectivity index (χ4v) is 5.77.